The van der Waals surface area contributed by atoms with Crippen LogP contribution in [0.5, 0.6) is 5.75 Å². The van der Waals surface area contributed by atoms with Crippen LogP contribution in [0.4, 0.5) is 0 Å². The number of carbonyl (C=O) groups excluding carboxylic acids is 1. The SMILES string of the molecule is Cc1cccc(O[C@@H](C)C(=O)NCCc2ccc(-c3csc(C)n3)cc2)c1. The largest absolute Gasteiger partial charge is 0.481 e. The standard InChI is InChI=1S/C22H24N2O2S/c1-15-5-4-6-20(13-15)26-16(2)22(25)23-12-11-18-7-9-19(10-8-18)21-14-27-17(3)24-21/h4-10,13-14,16H,11-12H2,1-3H3,(H,23,25)/t16-/m0/s1. The lowest BCUT2D eigenvalue weighted by Crippen LogP contribution is -2.37. The van der Waals surface area contributed by atoms with Crippen LogP contribution in [0, 0.1) is 13.8 Å². The van der Waals surface area contributed by atoms with Gasteiger partial charge in [-0.05, 0) is 50.5 Å². The van der Waals surface area contributed by atoms with Crippen molar-refractivity contribution in [1.29, 1.82) is 0 Å². The quantitative estimate of drug-likeness (QED) is 0.654. The van der Waals surface area contributed by atoms with Crippen molar-refractivity contribution in [2.75, 3.05) is 6.54 Å². The van der Waals surface area contributed by atoms with Crippen molar-refractivity contribution in [1.82, 2.24) is 10.3 Å². The summed E-state index contributed by atoms with van der Waals surface area (Å²) >= 11 is 1.65. The molecule has 0 bridgehead atoms. The van der Waals surface area contributed by atoms with Crippen LogP contribution in [0.25, 0.3) is 11.3 Å². The Balaban J connectivity index is 1.46. The van der Waals surface area contributed by atoms with E-state index in [0.717, 1.165) is 28.2 Å². The van der Waals surface area contributed by atoms with E-state index < -0.39 is 6.10 Å². The third-order valence-electron chi connectivity index (χ3n) is 4.25. The molecule has 0 fully saturated rings. The van der Waals surface area contributed by atoms with Gasteiger partial charge in [0.05, 0.1) is 10.7 Å². The Kier molecular flexibility index (Phi) is 6.24. The molecule has 2 aromatic carbocycles. The number of rotatable bonds is 7. The smallest absolute Gasteiger partial charge is 0.260 e. The van der Waals surface area contributed by atoms with Crippen molar-refractivity contribution >= 4 is 17.2 Å². The van der Waals surface area contributed by atoms with Gasteiger partial charge in [0.1, 0.15) is 5.75 Å². The molecule has 0 aliphatic rings. The van der Waals surface area contributed by atoms with Crippen molar-refractivity contribution in [2.24, 2.45) is 0 Å². The summed E-state index contributed by atoms with van der Waals surface area (Å²) in [6.45, 7) is 6.35. The van der Waals surface area contributed by atoms with E-state index in [0.29, 0.717) is 12.3 Å². The van der Waals surface area contributed by atoms with Crippen LogP contribution in [-0.2, 0) is 11.2 Å². The minimum atomic E-state index is -0.526. The van der Waals surface area contributed by atoms with E-state index in [-0.39, 0.29) is 5.91 Å². The lowest BCUT2D eigenvalue weighted by atomic mass is 10.1. The minimum Gasteiger partial charge on any atom is -0.481 e. The van der Waals surface area contributed by atoms with Gasteiger partial charge in [-0.3, -0.25) is 4.79 Å². The first-order valence-corrected chi connectivity index (χ1v) is 9.92. The predicted molar refractivity (Wildman–Crippen MR) is 110 cm³/mol. The fraction of sp³-hybridized carbons (Fsp3) is 0.273. The molecule has 0 aliphatic carbocycles. The van der Waals surface area contributed by atoms with Gasteiger partial charge in [-0.1, -0.05) is 36.4 Å². The highest BCUT2D eigenvalue weighted by Gasteiger charge is 2.14. The minimum absolute atomic E-state index is 0.105. The highest BCUT2D eigenvalue weighted by atomic mass is 32.1. The Labute approximate surface area is 164 Å². The molecule has 1 amide bonds. The molecule has 5 heteroatoms. The summed E-state index contributed by atoms with van der Waals surface area (Å²) in [6.07, 6.45) is 0.251. The highest BCUT2D eigenvalue weighted by molar-refractivity contribution is 7.09. The first kappa shape index (κ1) is 19.1. The summed E-state index contributed by atoms with van der Waals surface area (Å²) in [5, 5.41) is 6.08. The fourth-order valence-corrected chi connectivity index (χ4v) is 3.38. The zero-order chi connectivity index (χ0) is 19.2. The average molecular weight is 381 g/mol. The van der Waals surface area contributed by atoms with Crippen LogP contribution in [0.1, 0.15) is 23.1 Å². The Morgan fingerprint density at radius 3 is 2.63 bits per heavy atom. The monoisotopic (exact) mass is 380 g/mol. The number of thiazole rings is 1. The summed E-state index contributed by atoms with van der Waals surface area (Å²) in [4.78, 5) is 16.7. The Morgan fingerprint density at radius 2 is 1.96 bits per heavy atom. The number of nitrogens with one attached hydrogen (secondary N) is 1. The molecule has 0 unspecified atom stereocenters. The number of aryl methyl sites for hydroxylation is 2. The van der Waals surface area contributed by atoms with Gasteiger partial charge in [0.2, 0.25) is 0 Å². The number of nitrogens with zero attached hydrogens (tertiary/aromatic N) is 1. The molecule has 4 nitrogen and oxygen atoms in total. The normalized spacial score (nSPS) is 11.8. The van der Waals surface area contributed by atoms with Gasteiger partial charge >= 0.3 is 0 Å². The van der Waals surface area contributed by atoms with Gasteiger partial charge in [-0.25, -0.2) is 4.98 Å². The van der Waals surface area contributed by atoms with E-state index in [9.17, 15) is 4.79 Å². The van der Waals surface area contributed by atoms with Gasteiger partial charge in [0.15, 0.2) is 6.10 Å². The molecule has 0 aliphatic heterocycles. The molecule has 1 atom stereocenters. The van der Waals surface area contributed by atoms with Crippen LogP contribution in [0.15, 0.2) is 53.9 Å². The van der Waals surface area contributed by atoms with Crippen LogP contribution in [0.2, 0.25) is 0 Å². The number of hydrogen-bond acceptors (Lipinski definition) is 4. The number of hydrogen-bond donors (Lipinski definition) is 1. The van der Waals surface area contributed by atoms with Crippen molar-refractivity contribution in [3.05, 3.63) is 70.0 Å². The van der Waals surface area contributed by atoms with E-state index in [1.807, 2.05) is 38.1 Å². The molecule has 140 valence electrons. The van der Waals surface area contributed by atoms with Gasteiger partial charge in [0.25, 0.3) is 5.91 Å². The second-order valence-corrected chi connectivity index (χ2v) is 7.63. The van der Waals surface area contributed by atoms with Gasteiger partial charge in [0, 0.05) is 17.5 Å². The maximum atomic E-state index is 12.2. The second kappa shape index (κ2) is 8.82. The highest BCUT2D eigenvalue weighted by Crippen LogP contribution is 2.21. The van der Waals surface area contributed by atoms with Gasteiger partial charge < -0.3 is 10.1 Å². The third kappa shape index (κ3) is 5.41. The Hall–Kier alpha value is -2.66. The molecule has 1 N–H and O–H groups in total. The van der Waals surface area contributed by atoms with E-state index in [1.165, 1.54) is 5.56 Å². The molecule has 0 spiro atoms. The van der Waals surface area contributed by atoms with Gasteiger partial charge in [-0.2, -0.15) is 0 Å². The third-order valence-corrected chi connectivity index (χ3v) is 5.03. The van der Waals surface area contributed by atoms with Crippen molar-refractivity contribution < 1.29 is 9.53 Å². The van der Waals surface area contributed by atoms with E-state index in [4.69, 9.17) is 4.74 Å². The first-order chi connectivity index (χ1) is 13.0. The van der Waals surface area contributed by atoms with Crippen LogP contribution in [-0.4, -0.2) is 23.5 Å². The maximum absolute atomic E-state index is 12.2. The summed E-state index contributed by atoms with van der Waals surface area (Å²) < 4.78 is 5.71. The molecular formula is C22H24N2O2S. The maximum Gasteiger partial charge on any atom is 0.260 e. The van der Waals surface area contributed by atoms with E-state index in [1.54, 1.807) is 18.3 Å². The zero-order valence-corrected chi connectivity index (χ0v) is 16.7. The Morgan fingerprint density at radius 1 is 1.19 bits per heavy atom. The summed E-state index contributed by atoms with van der Waals surface area (Å²) in [7, 11) is 0. The summed E-state index contributed by atoms with van der Waals surface area (Å²) in [6, 6.07) is 16.0. The van der Waals surface area contributed by atoms with Crippen LogP contribution in [0.3, 0.4) is 0 Å². The van der Waals surface area contributed by atoms with Crippen molar-refractivity contribution in [2.45, 2.75) is 33.3 Å². The van der Waals surface area contributed by atoms with Gasteiger partial charge in [-0.15, -0.1) is 11.3 Å². The summed E-state index contributed by atoms with van der Waals surface area (Å²) in [5.41, 5.74) is 4.42. The number of carbonyl (C=O) groups is 1. The molecule has 0 saturated heterocycles. The number of benzene rings is 2. The van der Waals surface area contributed by atoms with Crippen LogP contribution < -0.4 is 10.1 Å². The molecular weight excluding hydrogens is 356 g/mol. The van der Waals surface area contributed by atoms with Crippen molar-refractivity contribution in [3.8, 4) is 17.0 Å². The molecule has 1 aromatic heterocycles. The molecule has 27 heavy (non-hydrogen) atoms. The fourth-order valence-electron chi connectivity index (χ4n) is 2.76. The van der Waals surface area contributed by atoms with Crippen molar-refractivity contribution in [3.63, 3.8) is 0 Å². The molecule has 3 rings (SSSR count). The lowest BCUT2D eigenvalue weighted by molar-refractivity contribution is -0.127. The topological polar surface area (TPSA) is 51.2 Å². The molecule has 3 aromatic rings. The summed E-state index contributed by atoms with van der Waals surface area (Å²) in [5.74, 6) is 0.608. The molecule has 1 heterocycles. The average Bonchev–Trinajstić information content (AvgIpc) is 3.08. The van der Waals surface area contributed by atoms with E-state index in [2.05, 4.69) is 39.9 Å². The van der Waals surface area contributed by atoms with E-state index >= 15 is 0 Å². The van der Waals surface area contributed by atoms with Crippen LogP contribution >= 0.6 is 11.3 Å². The molecule has 0 radical (unpaired) electrons. The molecule has 0 saturated carbocycles. The number of ether oxygens (including phenoxy) is 1. The second-order valence-electron chi connectivity index (χ2n) is 6.57. The number of aromatic nitrogens is 1. The Bertz CT molecular complexity index is 903. The lowest BCUT2D eigenvalue weighted by Gasteiger charge is -2.15. The zero-order valence-electron chi connectivity index (χ0n) is 15.9. The predicted octanol–water partition coefficient (Wildman–Crippen LogP) is 4.55. The number of amides is 1. The first-order valence-electron chi connectivity index (χ1n) is 9.04.